The molecule has 8 nitrogen and oxygen atoms in total. The lowest BCUT2D eigenvalue weighted by Gasteiger charge is -2.20. The third-order valence-corrected chi connectivity index (χ3v) is 10.1. The highest BCUT2D eigenvalue weighted by molar-refractivity contribution is 14.1. The summed E-state index contributed by atoms with van der Waals surface area (Å²) in [4.78, 5) is -0.246. The fraction of sp³-hybridized carbons (Fsp3) is 0.400. The van der Waals surface area contributed by atoms with Gasteiger partial charge in [-0.15, -0.1) is 11.6 Å². The van der Waals surface area contributed by atoms with Gasteiger partial charge in [-0.25, -0.2) is 16.8 Å². The van der Waals surface area contributed by atoms with Gasteiger partial charge in [0.25, 0.3) is 0 Å². The van der Waals surface area contributed by atoms with Crippen LogP contribution in [0.5, 0.6) is 11.5 Å². The molecule has 1 unspecified atom stereocenters. The SMILES string of the molecule is CCS(=O)(=O)C[C@@H](O)COc1ccc(S(=O)(=O)c2cc(Cl)c(OCC(O)(I)CCl)c(Cl)c2)cc1. The van der Waals surface area contributed by atoms with E-state index in [0.717, 1.165) is 0 Å². The standard InChI is InChI=1S/C20H22Cl3IO8S2/c1-2-33(27,28)10-13(25)9-31-14-3-5-15(6-4-14)34(29,30)16-7-17(22)19(18(23)8-16)32-12-20(24,26)11-21/h3-8,13,25-26H,2,9-12H2,1H3/t13-,20?/m0/s1. The fourth-order valence-electron chi connectivity index (χ4n) is 2.55. The van der Waals surface area contributed by atoms with Crippen molar-refractivity contribution in [3.05, 3.63) is 46.4 Å². The van der Waals surface area contributed by atoms with E-state index in [1.807, 2.05) is 0 Å². The van der Waals surface area contributed by atoms with Crippen LogP contribution in [-0.2, 0) is 19.7 Å². The minimum atomic E-state index is -4.00. The number of aliphatic hydroxyl groups excluding tert-OH is 1. The van der Waals surface area contributed by atoms with Gasteiger partial charge in [0.1, 0.15) is 25.1 Å². The first-order valence-corrected chi connectivity index (χ1v) is 15.3. The largest absolute Gasteiger partial charge is 0.491 e. The van der Waals surface area contributed by atoms with E-state index in [9.17, 15) is 27.0 Å². The molecule has 0 aliphatic carbocycles. The predicted molar refractivity (Wildman–Crippen MR) is 139 cm³/mol. The predicted octanol–water partition coefficient (Wildman–Crippen LogP) is 3.74. The highest BCUT2D eigenvalue weighted by Crippen LogP contribution is 2.38. The maximum Gasteiger partial charge on any atom is 0.206 e. The smallest absolute Gasteiger partial charge is 0.206 e. The van der Waals surface area contributed by atoms with E-state index in [-0.39, 0.29) is 56.2 Å². The summed E-state index contributed by atoms with van der Waals surface area (Å²) in [5, 5.41) is 19.6. The van der Waals surface area contributed by atoms with Crippen LogP contribution in [0, 0.1) is 0 Å². The second-order valence-corrected chi connectivity index (χ2v) is 14.6. The fourth-order valence-corrected chi connectivity index (χ4v) is 5.74. The van der Waals surface area contributed by atoms with Gasteiger partial charge in [0.05, 0.1) is 31.5 Å². The Morgan fingerprint density at radius 1 is 1.03 bits per heavy atom. The van der Waals surface area contributed by atoms with E-state index in [0.29, 0.717) is 0 Å². The number of benzene rings is 2. The van der Waals surface area contributed by atoms with E-state index in [1.165, 1.54) is 43.3 Å². The maximum atomic E-state index is 13.0. The van der Waals surface area contributed by atoms with E-state index in [4.69, 9.17) is 44.3 Å². The third-order valence-electron chi connectivity index (χ3n) is 4.39. The highest BCUT2D eigenvalue weighted by atomic mass is 127. The zero-order valence-electron chi connectivity index (χ0n) is 17.7. The lowest BCUT2D eigenvalue weighted by Crippen LogP contribution is -2.30. The lowest BCUT2D eigenvalue weighted by molar-refractivity contribution is 0.110. The van der Waals surface area contributed by atoms with Gasteiger partial charge < -0.3 is 19.7 Å². The Bertz CT molecular complexity index is 1180. The molecular formula is C20H22Cl3IO8S2. The number of alkyl halides is 2. The van der Waals surface area contributed by atoms with Gasteiger partial charge >= 0.3 is 0 Å². The zero-order valence-corrected chi connectivity index (χ0v) is 23.8. The first-order chi connectivity index (χ1) is 15.7. The molecule has 14 heteroatoms. The monoisotopic (exact) mass is 686 g/mol. The van der Waals surface area contributed by atoms with Crippen molar-refractivity contribution >= 4 is 77.1 Å². The second kappa shape index (κ2) is 12.1. The molecular weight excluding hydrogens is 666 g/mol. The number of sulfone groups is 2. The molecule has 190 valence electrons. The maximum absolute atomic E-state index is 13.0. The van der Waals surface area contributed by atoms with Crippen LogP contribution in [-0.4, -0.2) is 67.4 Å². The minimum Gasteiger partial charge on any atom is -0.491 e. The lowest BCUT2D eigenvalue weighted by atomic mass is 10.3. The number of hydrogen-bond acceptors (Lipinski definition) is 8. The van der Waals surface area contributed by atoms with Crippen molar-refractivity contribution in [2.75, 3.05) is 30.6 Å². The Hall–Kier alpha value is -0.540. The Kier molecular flexibility index (Phi) is 10.6. The van der Waals surface area contributed by atoms with Crippen LogP contribution in [0.15, 0.2) is 46.2 Å². The van der Waals surface area contributed by atoms with Crippen molar-refractivity contribution in [2.24, 2.45) is 0 Å². The molecule has 2 aromatic carbocycles. The molecule has 0 aliphatic heterocycles. The van der Waals surface area contributed by atoms with Gasteiger partial charge in [0, 0.05) is 5.75 Å². The summed E-state index contributed by atoms with van der Waals surface area (Å²) >= 11 is 19.7. The first-order valence-electron chi connectivity index (χ1n) is 9.66. The second-order valence-electron chi connectivity index (χ2n) is 7.19. The summed E-state index contributed by atoms with van der Waals surface area (Å²) < 4.78 is 58.5. The van der Waals surface area contributed by atoms with Gasteiger partial charge in [-0.1, -0.05) is 30.1 Å². The molecule has 0 radical (unpaired) electrons. The average Bonchev–Trinajstić information content (AvgIpc) is 2.77. The molecule has 0 bridgehead atoms. The van der Waals surface area contributed by atoms with Crippen LogP contribution in [0.1, 0.15) is 6.92 Å². The Morgan fingerprint density at radius 3 is 2.09 bits per heavy atom. The number of rotatable bonds is 12. The number of ether oxygens (including phenoxy) is 2. The molecule has 0 saturated heterocycles. The van der Waals surface area contributed by atoms with E-state index in [1.54, 1.807) is 22.6 Å². The van der Waals surface area contributed by atoms with Crippen LogP contribution >= 0.6 is 57.4 Å². The molecule has 2 N–H and O–H groups in total. The number of hydrogen-bond donors (Lipinski definition) is 2. The van der Waals surface area contributed by atoms with E-state index < -0.39 is 35.1 Å². The summed E-state index contributed by atoms with van der Waals surface area (Å²) in [5.41, 5.74) is 0. The quantitative estimate of drug-likeness (QED) is 0.256. The molecule has 2 rings (SSSR count). The van der Waals surface area contributed by atoms with Gasteiger partial charge in [0.15, 0.2) is 19.2 Å². The topological polar surface area (TPSA) is 127 Å². The number of halogens is 4. The van der Waals surface area contributed by atoms with Crippen molar-refractivity contribution < 1.29 is 36.5 Å². The Morgan fingerprint density at radius 2 is 1.59 bits per heavy atom. The summed E-state index contributed by atoms with van der Waals surface area (Å²) in [5.74, 6) is -0.371. The summed E-state index contributed by atoms with van der Waals surface area (Å²) in [6, 6.07) is 7.70. The molecule has 0 aliphatic rings. The van der Waals surface area contributed by atoms with Crippen LogP contribution in [0.25, 0.3) is 0 Å². The molecule has 34 heavy (non-hydrogen) atoms. The van der Waals surface area contributed by atoms with E-state index in [2.05, 4.69) is 0 Å². The van der Waals surface area contributed by atoms with Crippen molar-refractivity contribution in [1.29, 1.82) is 0 Å². The minimum absolute atomic E-state index is 0.00915. The van der Waals surface area contributed by atoms with Gasteiger partial charge in [-0.05, 0) is 59.0 Å². The Labute approximate surface area is 227 Å². The highest BCUT2D eigenvalue weighted by Gasteiger charge is 2.26. The Balaban J connectivity index is 2.15. The van der Waals surface area contributed by atoms with Gasteiger partial charge in [0.2, 0.25) is 9.84 Å². The van der Waals surface area contributed by atoms with Crippen molar-refractivity contribution in [3.8, 4) is 11.5 Å². The first kappa shape index (κ1) is 29.7. The van der Waals surface area contributed by atoms with Crippen LogP contribution < -0.4 is 9.47 Å². The van der Waals surface area contributed by atoms with Crippen LogP contribution in [0.2, 0.25) is 10.0 Å². The van der Waals surface area contributed by atoms with Crippen LogP contribution in [0.3, 0.4) is 0 Å². The van der Waals surface area contributed by atoms with Crippen molar-refractivity contribution in [2.45, 2.75) is 26.4 Å². The van der Waals surface area contributed by atoms with E-state index >= 15 is 0 Å². The zero-order chi connectivity index (χ0) is 25.7. The summed E-state index contributed by atoms with van der Waals surface area (Å²) in [6.45, 7) is 0.992. The molecule has 0 saturated carbocycles. The molecule has 2 aromatic rings. The third kappa shape index (κ3) is 8.26. The molecule has 0 spiro atoms. The molecule has 0 fully saturated rings. The average molecular weight is 688 g/mol. The molecule has 0 aromatic heterocycles. The summed E-state index contributed by atoms with van der Waals surface area (Å²) in [6.07, 6.45) is -1.22. The molecule has 0 heterocycles. The number of aliphatic hydroxyl groups is 2. The van der Waals surface area contributed by atoms with Crippen molar-refractivity contribution in [3.63, 3.8) is 0 Å². The van der Waals surface area contributed by atoms with Crippen molar-refractivity contribution in [1.82, 2.24) is 0 Å². The van der Waals surface area contributed by atoms with Gasteiger partial charge in [-0.2, -0.15) is 0 Å². The normalized spacial score (nSPS) is 14.9. The summed E-state index contributed by atoms with van der Waals surface area (Å²) in [7, 11) is -7.37. The molecule has 2 atom stereocenters. The molecule has 0 amide bonds. The van der Waals surface area contributed by atoms with Gasteiger partial charge in [-0.3, -0.25) is 0 Å². The van der Waals surface area contributed by atoms with Crippen LogP contribution in [0.4, 0.5) is 0 Å².